The van der Waals surface area contributed by atoms with Crippen LogP contribution in [0.1, 0.15) is 38.2 Å². The van der Waals surface area contributed by atoms with E-state index >= 15 is 0 Å². The Morgan fingerprint density at radius 2 is 2.10 bits per heavy atom. The van der Waals surface area contributed by atoms with Crippen LogP contribution in [0.15, 0.2) is 6.07 Å². The zero-order valence-corrected chi connectivity index (χ0v) is 12.7. The Bertz CT molecular complexity index is 494. The van der Waals surface area contributed by atoms with Gasteiger partial charge in [-0.25, -0.2) is 9.97 Å². The lowest BCUT2D eigenvalue weighted by atomic mass is 9.74. The van der Waals surface area contributed by atoms with Crippen LogP contribution in [-0.2, 0) is 4.79 Å². The summed E-state index contributed by atoms with van der Waals surface area (Å²) in [5.74, 6) is 1.10. The number of carboxylic acid groups (broad SMARTS) is 1. The molecule has 1 aliphatic heterocycles. The highest BCUT2D eigenvalue weighted by atomic mass is 16.4. The number of aryl methyl sites for hydroxylation is 2. The zero-order valence-electron chi connectivity index (χ0n) is 12.7. The van der Waals surface area contributed by atoms with Crippen LogP contribution in [0.3, 0.4) is 0 Å². The lowest BCUT2D eigenvalue weighted by molar-refractivity contribution is -0.150. The summed E-state index contributed by atoms with van der Waals surface area (Å²) in [5.41, 5.74) is 0.252. The molecular formula is C15H23N3O2. The summed E-state index contributed by atoms with van der Waals surface area (Å²) < 4.78 is 0. The fourth-order valence-electron chi connectivity index (χ4n) is 2.81. The maximum atomic E-state index is 11.4. The topological polar surface area (TPSA) is 66.3 Å². The van der Waals surface area contributed by atoms with Crippen molar-refractivity contribution in [1.82, 2.24) is 9.97 Å². The van der Waals surface area contributed by atoms with Gasteiger partial charge in [0, 0.05) is 24.8 Å². The van der Waals surface area contributed by atoms with Crippen molar-refractivity contribution in [3.8, 4) is 0 Å². The number of nitrogens with zero attached hydrogens (tertiary/aromatic N) is 3. The molecule has 1 saturated heterocycles. The number of carbonyl (C=O) groups is 1. The van der Waals surface area contributed by atoms with Gasteiger partial charge in [-0.3, -0.25) is 4.79 Å². The quantitative estimate of drug-likeness (QED) is 0.919. The molecule has 1 unspecified atom stereocenters. The lowest BCUT2D eigenvalue weighted by Crippen LogP contribution is -2.45. The van der Waals surface area contributed by atoms with E-state index in [1.54, 1.807) is 0 Å². The van der Waals surface area contributed by atoms with E-state index in [0.29, 0.717) is 0 Å². The van der Waals surface area contributed by atoms with Crippen molar-refractivity contribution in [3.63, 3.8) is 0 Å². The fraction of sp³-hybridized carbons (Fsp3) is 0.667. The van der Waals surface area contributed by atoms with Crippen molar-refractivity contribution < 1.29 is 9.90 Å². The van der Waals surface area contributed by atoms with Gasteiger partial charge in [0.15, 0.2) is 0 Å². The summed E-state index contributed by atoms with van der Waals surface area (Å²) in [6.45, 7) is 9.16. The molecule has 1 N–H and O–H groups in total. The highest BCUT2D eigenvalue weighted by Crippen LogP contribution is 2.35. The Hall–Kier alpha value is -1.65. The van der Waals surface area contributed by atoms with E-state index in [4.69, 9.17) is 0 Å². The number of hydrogen-bond donors (Lipinski definition) is 1. The zero-order chi connectivity index (χ0) is 14.9. The van der Waals surface area contributed by atoms with Gasteiger partial charge in [-0.1, -0.05) is 0 Å². The molecule has 0 bridgehead atoms. The Morgan fingerprint density at radius 3 is 2.70 bits per heavy atom. The molecule has 1 aromatic heterocycles. The van der Waals surface area contributed by atoms with Crippen molar-refractivity contribution >= 4 is 11.8 Å². The number of anilines is 1. The molecule has 1 fully saturated rings. The number of aliphatic carboxylic acids is 1. The van der Waals surface area contributed by atoms with Gasteiger partial charge < -0.3 is 10.0 Å². The molecule has 2 heterocycles. The summed E-state index contributed by atoms with van der Waals surface area (Å²) >= 11 is 0. The van der Waals surface area contributed by atoms with Crippen LogP contribution < -0.4 is 4.90 Å². The van der Waals surface area contributed by atoms with Gasteiger partial charge in [-0.2, -0.15) is 0 Å². The van der Waals surface area contributed by atoms with E-state index in [2.05, 4.69) is 14.9 Å². The predicted molar refractivity (Wildman–Crippen MR) is 77.9 cm³/mol. The summed E-state index contributed by atoms with van der Waals surface area (Å²) in [7, 11) is 0. The first-order valence-corrected chi connectivity index (χ1v) is 7.11. The molecule has 5 heteroatoms. The van der Waals surface area contributed by atoms with Gasteiger partial charge in [0.2, 0.25) is 0 Å². The average molecular weight is 277 g/mol. The van der Waals surface area contributed by atoms with E-state index in [1.165, 1.54) is 0 Å². The SMILES string of the molecule is Cc1cc(N2CCCC(C(C)(C)C(=O)O)C2)nc(C)n1. The molecule has 0 aromatic carbocycles. The van der Waals surface area contributed by atoms with Gasteiger partial charge in [0.05, 0.1) is 5.41 Å². The van der Waals surface area contributed by atoms with Crippen molar-refractivity contribution in [2.45, 2.75) is 40.5 Å². The fourth-order valence-corrected chi connectivity index (χ4v) is 2.81. The molecule has 1 aromatic rings. The summed E-state index contributed by atoms with van der Waals surface area (Å²) in [6.07, 6.45) is 1.96. The van der Waals surface area contributed by atoms with E-state index < -0.39 is 11.4 Å². The van der Waals surface area contributed by atoms with Crippen LogP contribution in [0, 0.1) is 25.2 Å². The lowest BCUT2D eigenvalue weighted by Gasteiger charge is -2.39. The molecule has 5 nitrogen and oxygen atoms in total. The monoisotopic (exact) mass is 277 g/mol. The average Bonchev–Trinajstić information content (AvgIpc) is 2.37. The molecule has 0 amide bonds. The van der Waals surface area contributed by atoms with Crippen molar-refractivity contribution in [2.75, 3.05) is 18.0 Å². The Labute approximate surface area is 120 Å². The smallest absolute Gasteiger partial charge is 0.309 e. The standard InChI is InChI=1S/C15H23N3O2/c1-10-8-13(17-11(2)16-10)18-7-5-6-12(9-18)15(3,4)14(19)20/h8,12H,5-7,9H2,1-4H3,(H,19,20). The minimum atomic E-state index is -0.723. The van der Waals surface area contributed by atoms with Crippen LogP contribution in [0.2, 0.25) is 0 Å². The van der Waals surface area contributed by atoms with Crippen molar-refractivity contribution in [3.05, 3.63) is 17.6 Å². The molecule has 110 valence electrons. The number of piperidine rings is 1. The number of rotatable bonds is 3. The maximum Gasteiger partial charge on any atom is 0.309 e. The summed E-state index contributed by atoms with van der Waals surface area (Å²) in [5, 5.41) is 9.39. The third kappa shape index (κ3) is 2.92. The highest BCUT2D eigenvalue weighted by Gasteiger charge is 2.39. The Morgan fingerprint density at radius 1 is 1.40 bits per heavy atom. The van der Waals surface area contributed by atoms with E-state index in [1.807, 2.05) is 33.8 Å². The molecule has 1 atom stereocenters. The van der Waals surface area contributed by atoms with Crippen LogP contribution in [0.4, 0.5) is 5.82 Å². The van der Waals surface area contributed by atoms with Gasteiger partial charge in [-0.05, 0) is 46.5 Å². The van der Waals surface area contributed by atoms with E-state index in [9.17, 15) is 9.90 Å². The minimum Gasteiger partial charge on any atom is -0.481 e. The summed E-state index contributed by atoms with van der Waals surface area (Å²) in [6, 6.07) is 1.98. The molecule has 0 spiro atoms. The number of hydrogen-bond acceptors (Lipinski definition) is 4. The first kappa shape index (κ1) is 14.8. The van der Waals surface area contributed by atoms with Gasteiger partial charge >= 0.3 is 5.97 Å². The number of carboxylic acids is 1. The molecular weight excluding hydrogens is 254 g/mol. The molecule has 0 aliphatic carbocycles. The first-order chi connectivity index (χ1) is 9.30. The van der Waals surface area contributed by atoms with Gasteiger partial charge in [0.25, 0.3) is 0 Å². The predicted octanol–water partition coefficient (Wildman–Crippen LogP) is 2.42. The van der Waals surface area contributed by atoms with Crippen LogP contribution in [-0.4, -0.2) is 34.1 Å². The summed E-state index contributed by atoms with van der Waals surface area (Å²) in [4.78, 5) is 22.4. The van der Waals surface area contributed by atoms with Gasteiger partial charge in [0.1, 0.15) is 11.6 Å². The Balaban J connectivity index is 2.20. The Kier molecular flexibility index (Phi) is 3.97. The second-order valence-corrected chi connectivity index (χ2v) is 6.23. The third-order valence-electron chi connectivity index (χ3n) is 4.27. The largest absolute Gasteiger partial charge is 0.481 e. The van der Waals surface area contributed by atoms with Crippen molar-refractivity contribution in [2.24, 2.45) is 11.3 Å². The van der Waals surface area contributed by atoms with Crippen LogP contribution in [0.5, 0.6) is 0 Å². The molecule has 20 heavy (non-hydrogen) atoms. The van der Waals surface area contributed by atoms with Crippen LogP contribution in [0.25, 0.3) is 0 Å². The first-order valence-electron chi connectivity index (χ1n) is 7.11. The maximum absolute atomic E-state index is 11.4. The van der Waals surface area contributed by atoms with Crippen molar-refractivity contribution in [1.29, 1.82) is 0 Å². The normalized spacial score (nSPS) is 20.0. The molecule has 2 rings (SSSR count). The second kappa shape index (κ2) is 5.38. The van der Waals surface area contributed by atoms with Crippen LogP contribution >= 0.6 is 0 Å². The van der Waals surface area contributed by atoms with E-state index in [0.717, 1.165) is 43.3 Å². The molecule has 1 aliphatic rings. The third-order valence-corrected chi connectivity index (χ3v) is 4.27. The molecule has 0 saturated carbocycles. The molecule has 0 radical (unpaired) electrons. The minimum absolute atomic E-state index is 0.143. The second-order valence-electron chi connectivity index (χ2n) is 6.23. The highest BCUT2D eigenvalue weighted by molar-refractivity contribution is 5.74. The van der Waals surface area contributed by atoms with E-state index in [-0.39, 0.29) is 5.92 Å². The number of aromatic nitrogens is 2. The van der Waals surface area contributed by atoms with Gasteiger partial charge in [-0.15, -0.1) is 0 Å².